The van der Waals surface area contributed by atoms with Gasteiger partial charge in [-0.2, -0.15) is 0 Å². The van der Waals surface area contributed by atoms with Crippen LogP contribution in [0.1, 0.15) is 64.7 Å². The molecule has 0 bridgehead atoms. The summed E-state index contributed by atoms with van der Waals surface area (Å²) in [5, 5.41) is 28.9. The van der Waals surface area contributed by atoms with Gasteiger partial charge in [0, 0.05) is 6.61 Å². The molecule has 0 aromatic carbocycles. The van der Waals surface area contributed by atoms with Crippen LogP contribution in [0.2, 0.25) is 0 Å². The van der Waals surface area contributed by atoms with E-state index >= 15 is 0 Å². The normalized spacial score (nSPS) is 25.6. The maximum atomic E-state index is 9.89. The van der Waals surface area contributed by atoms with E-state index in [1.54, 1.807) is 0 Å². The first-order valence-electron chi connectivity index (χ1n) is 9.55. The van der Waals surface area contributed by atoms with Crippen molar-refractivity contribution in [3.8, 4) is 0 Å². The van der Waals surface area contributed by atoms with E-state index in [4.69, 9.17) is 9.47 Å². The van der Waals surface area contributed by atoms with Crippen LogP contribution in [0.4, 0.5) is 0 Å². The second-order valence-corrected chi connectivity index (χ2v) is 6.64. The third-order valence-corrected chi connectivity index (χ3v) is 4.42. The molecule has 4 atom stereocenters. The standard InChI is InChI=1S/C19H36O5/c1-2-3-4-5-6-7-8-9-10-11-12-13-23-14-17(21)19-18(22)16(20)15-24-19/h3-4,16-22H,2,5-15H2,1H3/b4-3+/t16-,17+,18+,19+/m1/s1. The van der Waals surface area contributed by atoms with Crippen molar-refractivity contribution in [3.63, 3.8) is 0 Å². The monoisotopic (exact) mass is 344 g/mol. The van der Waals surface area contributed by atoms with Gasteiger partial charge in [-0.3, -0.25) is 0 Å². The van der Waals surface area contributed by atoms with E-state index in [1.807, 2.05) is 0 Å². The maximum absolute atomic E-state index is 9.89. The zero-order chi connectivity index (χ0) is 17.6. The van der Waals surface area contributed by atoms with Crippen molar-refractivity contribution in [1.29, 1.82) is 0 Å². The molecule has 0 unspecified atom stereocenters. The Hall–Kier alpha value is -0.460. The van der Waals surface area contributed by atoms with E-state index in [2.05, 4.69) is 19.1 Å². The lowest BCUT2D eigenvalue weighted by Gasteiger charge is -2.20. The molecule has 1 fully saturated rings. The van der Waals surface area contributed by atoms with E-state index in [0.717, 1.165) is 19.3 Å². The predicted molar refractivity (Wildman–Crippen MR) is 94.9 cm³/mol. The third kappa shape index (κ3) is 9.14. The molecule has 0 aliphatic carbocycles. The molecular formula is C19H36O5. The smallest absolute Gasteiger partial charge is 0.114 e. The lowest BCUT2D eigenvalue weighted by molar-refractivity contribution is -0.0813. The van der Waals surface area contributed by atoms with Crippen molar-refractivity contribution in [1.82, 2.24) is 0 Å². The van der Waals surface area contributed by atoms with Crippen LogP contribution in [-0.2, 0) is 9.47 Å². The molecule has 0 radical (unpaired) electrons. The van der Waals surface area contributed by atoms with E-state index in [1.165, 1.54) is 38.5 Å². The zero-order valence-corrected chi connectivity index (χ0v) is 15.1. The minimum Gasteiger partial charge on any atom is -0.388 e. The molecule has 0 aromatic rings. The Morgan fingerprint density at radius 1 is 1.04 bits per heavy atom. The van der Waals surface area contributed by atoms with Gasteiger partial charge in [0.15, 0.2) is 0 Å². The number of allylic oxidation sites excluding steroid dienone is 2. The molecule has 0 spiro atoms. The van der Waals surface area contributed by atoms with Gasteiger partial charge in [-0.25, -0.2) is 0 Å². The molecule has 24 heavy (non-hydrogen) atoms. The SMILES string of the molecule is CC/C=C/CCCCCCCCCOC[C@H](O)[C@@H]1OC[C@@H](O)[C@@H]1O. The van der Waals surface area contributed by atoms with Gasteiger partial charge in [-0.15, -0.1) is 0 Å². The Bertz CT molecular complexity index is 321. The molecule has 3 N–H and O–H groups in total. The average molecular weight is 344 g/mol. The van der Waals surface area contributed by atoms with E-state index < -0.39 is 24.4 Å². The fraction of sp³-hybridized carbons (Fsp3) is 0.895. The summed E-state index contributed by atoms with van der Waals surface area (Å²) in [5.41, 5.74) is 0. The third-order valence-electron chi connectivity index (χ3n) is 4.42. The number of rotatable bonds is 14. The van der Waals surface area contributed by atoms with E-state index in [-0.39, 0.29) is 13.2 Å². The van der Waals surface area contributed by atoms with Crippen LogP contribution in [-0.4, -0.2) is 59.6 Å². The first-order chi connectivity index (χ1) is 11.7. The van der Waals surface area contributed by atoms with Crippen LogP contribution >= 0.6 is 0 Å². The molecule has 5 nitrogen and oxygen atoms in total. The molecule has 1 heterocycles. The molecule has 1 aliphatic heterocycles. The Morgan fingerprint density at radius 3 is 2.33 bits per heavy atom. The van der Waals surface area contributed by atoms with Crippen LogP contribution in [0, 0.1) is 0 Å². The number of aliphatic hydroxyl groups excluding tert-OH is 3. The number of hydrogen-bond donors (Lipinski definition) is 3. The molecule has 0 aromatic heterocycles. The number of hydrogen-bond acceptors (Lipinski definition) is 5. The second kappa shape index (κ2) is 13.8. The minimum absolute atomic E-state index is 0.0672. The molecular weight excluding hydrogens is 308 g/mol. The molecule has 142 valence electrons. The van der Waals surface area contributed by atoms with Gasteiger partial charge >= 0.3 is 0 Å². The van der Waals surface area contributed by atoms with Gasteiger partial charge in [0.1, 0.15) is 24.4 Å². The summed E-state index contributed by atoms with van der Waals surface area (Å²) in [4.78, 5) is 0. The molecule has 0 saturated carbocycles. The Balaban J connectivity index is 1.84. The molecule has 1 aliphatic rings. The topological polar surface area (TPSA) is 79.2 Å². The van der Waals surface area contributed by atoms with Gasteiger partial charge < -0.3 is 24.8 Å². The minimum atomic E-state index is -1.03. The Labute approximate surface area is 146 Å². The fourth-order valence-electron chi connectivity index (χ4n) is 2.90. The van der Waals surface area contributed by atoms with Crippen molar-refractivity contribution in [2.45, 2.75) is 89.1 Å². The van der Waals surface area contributed by atoms with Gasteiger partial charge in [-0.1, -0.05) is 51.2 Å². The highest BCUT2D eigenvalue weighted by atomic mass is 16.5. The lowest BCUT2D eigenvalue weighted by Crippen LogP contribution is -2.40. The first kappa shape index (κ1) is 21.6. The summed E-state index contributed by atoms with van der Waals surface area (Å²) in [6.07, 6.45) is 11.8. The average Bonchev–Trinajstić information content (AvgIpc) is 2.91. The molecule has 1 saturated heterocycles. The van der Waals surface area contributed by atoms with Crippen molar-refractivity contribution in [2.75, 3.05) is 19.8 Å². The summed E-state index contributed by atoms with van der Waals surface area (Å²) in [6, 6.07) is 0. The van der Waals surface area contributed by atoms with Gasteiger partial charge in [-0.05, 0) is 25.7 Å². The van der Waals surface area contributed by atoms with Crippen LogP contribution < -0.4 is 0 Å². The lowest BCUT2D eigenvalue weighted by atomic mass is 10.1. The van der Waals surface area contributed by atoms with E-state index in [0.29, 0.717) is 6.61 Å². The first-order valence-corrected chi connectivity index (χ1v) is 9.55. The van der Waals surface area contributed by atoms with E-state index in [9.17, 15) is 15.3 Å². The predicted octanol–water partition coefficient (Wildman–Crippen LogP) is 2.57. The molecule has 5 heteroatoms. The number of unbranched alkanes of at least 4 members (excludes halogenated alkanes) is 7. The fourth-order valence-corrected chi connectivity index (χ4v) is 2.90. The quantitative estimate of drug-likeness (QED) is 0.333. The largest absolute Gasteiger partial charge is 0.388 e. The maximum Gasteiger partial charge on any atom is 0.114 e. The summed E-state index contributed by atoms with van der Waals surface area (Å²) >= 11 is 0. The summed E-state index contributed by atoms with van der Waals surface area (Å²) in [7, 11) is 0. The van der Waals surface area contributed by atoms with Crippen molar-refractivity contribution >= 4 is 0 Å². The van der Waals surface area contributed by atoms with Crippen molar-refractivity contribution in [2.24, 2.45) is 0 Å². The summed E-state index contributed by atoms with van der Waals surface area (Å²) in [5.74, 6) is 0. The zero-order valence-electron chi connectivity index (χ0n) is 15.1. The highest BCUT2D eigenvalue weighted by Gasteiger charge is 2.39. The Kier molecular flexibility index (Phi) is 12.4. The van der Waals surface area contributed by atoms with Crippen molar-refractivity contribution < 1.29 is 24.8 Å². The highest BCUT2D eigenvalue weighted by Crippen LogP contribution is 2.18. The van der Waals surface area contributed by atoms with Crippen molar-refractivity contribution in [3.05, 3.63) is 12.2 Å². The van der Waals surface area contributed by atoms with Gasteiger partial charge in [0.25, 0.3) is 0 Å². The van der Waals surface area contributed by atoms with Gasteiger partial charge in [0.05, 0.1) is 13.2 Å². The second-order valence-electron chi connectivity index (χ2n) is 6.64. The summed E-state index contributed by atoms with van der Waals surface area (Å²) in [6.45, 7) is 2.99. The van der Waals surface area contributed by atoms with Crippen LogP contribution in [0.15, 0.2) is 12.2 Å². The van der Waals surface area contributed by atoms with Gasteiger partial charge in [0.2, 0.25) is 0 Å². The molecule has 0 amide bonds. The van der Waals surface area contributed by atoms with Crippen LogP contribution in [0.25, 0.3) is 0 Å². The summed E-state index contributed by atoms with van der Waals surface area (Å²) < 4.78 is 10.6. The highest BCUT2D eigenvalue weighted by molar-refractivity contribution is 4.87. The van der Waals surface area contributed by atoms with Crippen LogP contribution in [0.5, 0.6) is 0 Å². The number of ether oxygens (including phenoxy) is 2. The number of aliphatic hydroxyl groups is 3. The van der Waals surface area contributed by atoms with Crippen LogP contribution in [0.3, 0.4) is 0 Å². The molecule has 1 rings (SSSR count). The Morgan fingerprint density at radius 2 is 1.71 bits per heavy atom.